The Labute approximate surface area is 166 Å². The summed E-state index contributed by atoms with van der Waals surface area (Å²) >= 11 is 0. The molecule has 1 spiro atoms. The number of amides is 1. The molecule has 5 heteroatoms. The van der Waals surface area contributed by atoms with Gasteiger partial charge in [-0.25, -0.2) is 0 Å². The fourth-order valence-corrected chi connectivity index (χ4v) is 5.13. The third kappa shape index (κ3) is 2.42. The molecule has 0 fully saturated rings. The number of nitrogens with zero attached hydrogens (tertiary/aromatic N) is 2. The van der Waals surface area contributed by atoms with Gasteiger partial charge in [0.05, 0.1) is 23.2 Å². The first-order valence-corrected chi connectivity index (χ1v) is 10.1. The summed E-state index contributed by atoms with van der Waals surface area (Å²) in [5, 5.41) is 7.57. The minimum atomic E-state index is 0.0519. The zero-order valence-electron chi connectivity index (χ0n) is 17.1. The smallest absolute Gasteiger partial charge is 0.253 e. The fourth-order valence-electron chi connectivity index (χ4n) is 5.13. The molecule has 3 aliphatic rings. The average molecular weight is 377 g/mol. The summed E-state index contributed by atoms with van der Waals surface area (Å²) in [6.07, 6.45) is 4.29. The van der Waals surface area contributed by atoms with Crippen LogP contribution in [-0.4, -0.2) is 43.7 Å². The molecule has 0 saturated heterocycles. The van der Waals surface area contributed by atoms with Gasteiger partial charge in [0.15, 0.2) is 0 Å². The van der Waals surface area contributed by atoms with Crippen LogP contribution in [0.2, 0.25) is 0 Å². The Kier molecular flexibility index (Phi) is 3.67. The monoisotopic (exact) mass is 376 g/mol. The number of anilines is 3. The van der Waals surface area contributed by atoms with Gasteiger partial charge in [0.25, 0.3) is 5.91 Å². The lowest BCUT2D eigenvalue weighted by molar-refractivity contribution is 0.0826. The van der Waals surface area contributed by atoms with Crippen LogP contribution in [-0.2, 0) is 19.3 Å². The molecule has 0 radical (unpaired) electrons. The minimum Gasteiger partial charge on any atom is -0.377 e. The molecule has 2 aromatic carbocycles. The molecule has 5 rings (SSSR count). The van der Waals surface area contributed by atoms with E-state index in [4.69, 9.17) is 0 Å². The van der Waals surface area contributed by atoms with Crippen molar-refractivity contribution in [2.24, 2.45) is 0 Å². The summed E-state index contributed by atoms with van der Waals surface area (Å²) in [6.45, 7) is 2.16. The Morgan fingerprint density at radius 1 is 1.18 bits per heavy atom. The van der Waals surface area contributed by atoms with Gasteiger partial charge < -0.3 is 20.4 Å². The number of fused-ring (bicyclic) bond motifs is 4. The molecule has 2 aromatic rings. The number of benzene rings is 2. The van der Waals surface area contributed by atoms with E-state index < -0.39 is 0 Å². The third-order valence-corrected chi connectivity index (χ3v) is 6.78. The Hall–Kier alpha value is -2.69. The van der Waals surface area contributed by atoms with Gasteiger partial charge in [-0.15, -0.1) is 0 Å². The summed E-state index contributed by atoms with van der Waals surface area (Å²) in [5.74, 6) is 0.0828. The largest absolute Gasteiger partial charge is 0.377 e. The molecule has 2 N–H and O–H groups in total. The lowest BCUT2D eigenvalue weighted by Crippen LogP contribution is -2.43. The topological polar surface area (TPSA) is 47.6 Å². The molecule has 2 heterocycles. The van der Waals surface area contributed by atoms with Gasteiger partial charge in [0.1, 0.15) is 0 Å². The standard InChI is InChI=1S/C23H28N4O/c1-14-24-21-19(27(14)4)11-18(22(28)26(2)3)17-9-10-23(25-20(17)21)12-15-7-5-6-8-16(15)13-23/h5-8,11,14,24-25H,9-10,12-13H2,1-4H3. The first-order chi connectivity index (χ1) is 13.4. The van der Waals surface area contributed by atoms with E-state index in [9.17, 15) is 4.79 Å². The molecular weight excluding hydrogens is 348 g/mol. The van der Waals surface area contributed by atoms with Crippen molar-refractivity contribution < 1.29 is 4.79 Å². The van der Waals surface area contributed by atoms with Gasteiger partial charge >= 0.3 is 0 Å². The van der Waals surface area contributed by atoms with Gasteiger partial charge in [-0.2, -0.15) is 0 Å². The number of nitrogens with one attached hydrogen (secondary N) is 2. The number of hydrogen-bond donors (Lipinski definition) is 2. The van der Waals surface area contributed by atoms with Gasteiger partial charge in [-0.3, -0.25) is 4.79 Å². The Bertz CT molecular complexity index is 956. The van der Waals surface area contributed by atoms with Crippen LogP contribution in [0.5, 0.6) is 0 Å². The zero-order valence-corrected chi connectivity index (χ0v) is 17.1. The molecule has 1 atom stereocenters. The van der Waals surface area contributed by atoms with E-state index in [1.54, 1.807) is 4.90 Å². The number of rotatable bonds is 1. The van der Waals surface area contributed by atoms with Crippen molar-refractivity contribution in [3.63, 3.8) is 0 Å². The molecular formula is C23H28N4O. The van der Waals surface area contributed by atoms with Crippen LogP contribution in [0.4, 0.5) is 17.1 Å². The summed E-state index contributed by atoms with van der Waals surface area (Å²) in [4.78, 5) is 16.9. The second-order valence-corrected chi connectivity index (χ2v) is 8.83. The molecule has 0 aromatic heterocycles. The van der Waals surface area contributed by atoms with Crippen molar-refractivity contribution in [1.82, 2.24) is 4.90 Å². The first-order valence-electron chi connectivity index (χ1n) is 10.1. The van der Waals surface area contributed by atoms with E-state index in [1.807, 2.05) is 14.1 Å². The molecule has 146 valence electrons. The first kappa shape index (κ1) is 17.4. The predicted octanol–water partition coefficient (Wildman–Crippen LogP) is 3.49. The Morgan fingerprint density at radius 3 is 2.50 bits per heavy atom. The van der Waals surface area contributed by atoms with Crippen LogP contribution < -0.4 is 15.5 Å². The van der Waals surface area contributed by atoms with Gasteiger partial charge in [-0.1, -0.05) is 24.3 Å². The van der Waals surface area contributed by atoms with E-state index in [2.05, 4.69) is 59.8 Å². The second kappa shape index (κ2) is 5.90. The quantitative estimate of drug-likeness (QED) is 0.800. The lowest BCUT2D eigenvalue weighted by Gasteiger charge is -2.39. The summed E-state index contributed by atoms with van der Waals surface area (Å²) < 4.78 is 0. The predicted molar refractivity (Wildman–Crippen MR) is 114 cm³/mol. The Balaban J connectivity index is 1.62. The van der Waals surface area contributed by atoms with E-state index in [1.165, 1.54) is 11.1 Å². The maximum Gasteiger partial charge on any atom is 0.253 e. The maximum atomic E-state index is 13.0. The number of carbonyl (C=O) groups is 1. The van der Waals surface area contributed by atoms with Crippen molar-refractivity contribution in [1.29, 1.82) is 0 Å². The van der Waals surface area contributed by atoms with Crippen molar-refractivity contribution in [3.05, 3.63) is 52.6 Å². The second-order valence-electron chi connectivity index (χ2n) is 8.83. The van der Waals surface area contributed by atoms with Gasteiger partial charge in [-0.05, 0) is 55.4 Å². The van der Waals surface area contributed by atoms with E-state index in [0.29, 0.717) is 0 Å². The van der Waals surface area contributed by atoms with Crippen molar-refractivity contribution in [2.75, 3.05) is 36.7 Å². The van der Waals surface area contributed by atoms with Gasteiger partial charge in [0.2, 0.25) is 0 Å². The summed E-state index contributed by atoms with van der Waals surface area (Å²) in [7, 11) is 5.75. The molecule has 1 amide bonds. The van der Waals surface area contributed by atoms with Crippen molar-refractivity contribution in [3.8, 4) is 0 Å². The number of carbonyl (C=O) groups excluding carboxylic acids is 1. The fraction of sp³-hybridized carbons (Fsp3) is 0.435. The highest BCUT2D eigenvalue weighted by Gasteiger charge is 2.42. The Morgan fingerprint density at radius 2 is 1.86 bits per heavy atom. The molecule has 5 nitrogen and oxygen atoms in total. The maximum absolute atomic E-state index is 13.0. The molecule has 0 bridgehead atoms. The van der Waals surface area contributed by atoms with Gasteiger partial charge in [0, 0.05) is 32.2 Å². The number of hydrogen-bond acceptors (Lipinski definition) is 4. The lowest BCUT2D eigenvalue weighted by atomic mass is 9.81. The summed E-state index contributed by atoms with van der Waals surface area (Å²) in [6, 6.07) is 10.9. The minimum absolute atomic E-state index is 0.0519. The van der Waals surface area contributed by atoms with Crippen LogP contribution in [0.15, 0.2) is 30.3 Å². The molecule has 0 saturated carbocycles. The van der Waals surface area contributed by atoms with Crippen molar-refractivity contribution in [2.45, 2.75) is 44.3 Å². The van der Waals surface area contributed by atoms with Crippen LogP contribution in [0.1, 0.15) is 40.4 Å². The normalized spacial score (nSPS) is 20.9. The van der Waals surface area contributed by atoms with E-state index in [0.717, 1.165) is 53.9 Å². The molecule has 1 unspecified atom stereocenters. The van der Waals surface area contributed by atoms with Crippen LogP contribution in [0.25, 0.3) is 0 Å². The molecule has 28 heavy (non-hydrogen) atoms. The van der Waals surface area contributed by atoms with E-state index >= 15 is 0 Å². The zero-order chi connectivity index (χ0) is 19.6. The van der Waals surface area contributed by atoms with Crippen LogP contribution in [0.3, 0.4) is 0 Å². The highest BCUT2D eigenvalue weighted by Crippen LogP contribution is 2.49. The highest BCUT2D eigenvalue weighted by molar-refractivity contribution is 6.03. The third-order valence-electron chi connectivity index (χ3n) is 6.78. The van der Waals surface area contributed by atoms with Crippen LogP contribution in [0, 0.1) is 0 Å². The summed E-state index contributed by atoms with van der Waals surface area (Å²) in [5.41, 5.74) is 8.34. The SMILES string of the molecule is CC1Nc2c(cc(C(=O)N(C)C)c3c2NC2(CC3)Cc3ccccc3C2)N1C. The average Bonchev–Trinajstić information content (AvgIpc) is 3.17. The van der Waals surface area contributed by atoms with Crippen LogP contribution >= 0.6 is 0 Å². The van der Waals surface area contributed by atoms with Crippen molar-refractivity contribution >= 4 is 23.0 Å². The highest BCUT2D eigenvalue weighted by atomic mass is 16.2. The molecule has 1 aliphatic carbocycles. The van der Waals surface area contributed by atoms with E-state index in [-0.39, 0.29) is 17.6 Å². The molecule has 2 aliphatic heterocycles.